The van der Waals surface area contributed by atoms with E-state index >= 15 is 0 Å². The molecule has 104 valence electrons. The zero-order chi connectivity index (χ0) is 13.9. The molecule has 1 atom stereocenters. The number of fused-ring (bicyclic) bond motifs is 1. The summed E-state index contributed by atoms with van der Waals surface area (Å²) in [4.78, 5) is 2.51. The van der Waals surface area contributed by atoms with Crippen molar-refractivity contribution in [1.82, 2.24) is 4.90 Å². The van der Waals surface area contributed by atoms with E-state index < -0.39 is 0 Å². The Morgan fingerprint density at radius 3 is 2.65 bits per heavy atom. The molecule has 1 unspecified atom stereocenters. The zero-order valence-corrected chi connectivity index (χ0v) is 12.0. The van der Waals surface area contributed by atoms with Crippen LogP contribution in [0.4, 0.5) is 0 Å². The van der Waals surface area contributed by atoms with Crippen LogP contribution in [0.3, 0.4) is 0 Å². The van der Waals surface area contributed by atoms with Crippen molar-refractivity contribution in [2.45, 2.75) is 32.5 Å². The smallest absolute Gasteiger partial charge is 0.0265 e. The Hall–Kier alpha value is -1.64. The molecule has 0 saturated carbocycles. The molecule has 2 aromatic rings. The van der Waals surface area contributed by atoms with E-state index in [4.69, 9.17) is 5.73 Å². The molecule has 3 rings (SSSR count). The van der Waals surface area contributed by atoms with E-state index in [1.165, 1.54) is 22.3 Å². The number of nitrogens with two attached hydrogens (primary N) is 1. The molecule has 0 aromatic heterocycles. The Morgan fingerprint density at radius 2 is 1.90 bits per heavy atom. The normalized spacial score (nSPS) is 18.8. The van der Waals surface area contributed by atoms with E-state index in [0.29, 0.717) is 6.04 Å². The van der Waals surface area contributed by atoms with Crippen molar-refractivity contribution in [3.8, 4) is 0 Å². The molecular weight excluding hydrogens is 244 g/mol. The van der Waals surface area contributed by atoms with Gasteiger partial charge in [-0.15, -0.1) is 0 Å². The lowest BCUT2D eigenvalue weighted by Gasteiger charge is -2.36. The molecule has 1 aliphatic rings. The van der Waals surface area contributed by atoms with Gasteiger partial charge in [0.05, 0.1) is 0 Å². The number of benzene rings is 2. The van der Waals surface area contributed by atoms with Crippen LogP contribution >= 0.6 is 0 Å². The molecule has 0 amide bonds. The molecule has 0 saturated heterocycles. The Bertz CT molecular complexity index is 591. The van der Waals surface area contributed by atoms with Crippen LogP contribution in [-0.2, 0) is 19.5 Å². The molecule has 0 spiro atoms. The maximum absolute atomic E-state index is 5.99. The molecule has 0 bridgehead atoms. The van der Waals surface area contributed by atoms with Gasteiger partial charge >= 0.3 is 0 Å². The first-order valence-electron chi connectivity index (χ1n) is 7.32. The van der Waals surface area contributed by atoms with Gasteiger partial charge in [0.2, 0.25) is 0 Å². The minimum atomic E-state index is 0.449. The van der Waals surface area contributed by atoms with Crippen molar-refractivity contribution in [3.05, 3.63) is 70.8 Å². The fraction of sp³-hybridized carbons (Fsp3) is 0.333. The van der Waals surface area contributed by atoms with Crippen molar-refractivity contribution >= 4 is 0 Å². The number of rotatable bonds is 3. The van der Waals surface area contributed by atoms with Crippen LogP contribution in [-0.4, -0.2) is 17.5 Å². The SMILES string of the molecule is Cc1cccc(CN2Cc3ccccc3CC2CN)c1. The summed E-state index contributed by atoms with van der Waals surface area (Å²) in [5.74, 6) is 0. The quantitative estimate of drug-likeness (QED) is 0.925. The third-order valence-corrected chi connectivity index (χ3v) is 4.20. The van der Waals surface area contributed by atoms with Crippen molar-refractivity contribution in [2.24, 2.45) is 5.73 Å². The molecule has 2 aromatic carbocycles. The van der Waals surface area contributed by atoms with Crippen molar-refractivity contribution in [2.75, 3.05) is 6.54 Å². The second-order valence-electron chi connectivity index (χ2n) is 5.76. The first-order chi connectivity index (χ1) is 9.76. The van der Waals surface area contributed by atoms with E-state index in [2.05, 4.69) is 60.4 Å². The Balaban J connectivity index is 1.82. The van der Waals surface area contributed by atoms with Crippen LogP contribution in [0.2, 0.25) is 0 Å². The summed E-state index contributed by atoms with van der Waals surface area (Å²) in [6.07, 6.45) is 1.07. The van der Waals surface area contributed by atoms with Gasteiger partial charge in [0, 0.05) is 25.7 Å². The van der Waals surface area contributed by atoms with Crippen LogP contribution < -0.4 is 5.73 Å². The van der Waals surface area contributed by atoms with E-state index in [9.17, 15) is 0 Å². The summed E-state index contributed by atoms with van der Waals surface area (Å²) in [7, 11) is 0. The third-order valence-electron chi connectivity index (χ3n) is 4.20. The highest BCUT2D eigenvalue weighted by molar-refractivity contribution is 5.31. The highest BCUT2D eigenvalue weighted by Gasteiger charge is 2.24. The fourth-order valence-corrected chi connectivity index (χ4v) is 3.10. The van der Waals surface area contributed by atoms with Crippen LogP contribution in [0.15, 0.2) is 48.5 Å². The van der Waals surface area contributed by atoms with Crippen LogP contribution in [0.5, 0.6) is 0 Å². The summed E-state index contributed by atoms with van der Waals surface area (Å²) in [6, 6.07) is 18.0. The van der Waals surface area contributed by atoms with Gasteiger partial charge in [-0.1, -0.05) is 54.1 Å². The Kier molecular flexibility index (Phi) is 3.86. The molecule has 0 radical (unpaired) electrons. The first kappa shape index (κ1) is 13.3. The summed E-state index contributed by atoms with van der Waals surface area (Å²) < 4.78 is 0. The third kappa shape index (κ3) is 2.77. The van der Waals surface area contributed by atoms with E-state index in [1.54, 1.807) is 0 Å². The van der Waals surface area contributed by atoms with Crippen molar-refractivity contribution in [3.63, 3.8) is 0 Å². The highest BCUT2D eigenvalue weighted by atomic mass is 15.2. The minimum absolute atomic E-state index is 0.449. The molecule has 2 heteroatoms. The van der Waals surface area contributed by atoms with Crippen LogP contribution in [0.25, 0.3) is 0 Å². The second kappa shape index (κ2) is 5.78. The summed E-state index contributed by atoms with van der Waals surface area (Å²) in [6.45, 7) is 4.86. The molecule has 0 fully saturated rings. The maximum atomic E-state index is 5.99. The van der Waals surface area contributed by atoms with Gasteiger partial charge in [0.15, 0.2) is 0 Å². The predicted molar refractivity (Wildman–Crippen MR) is 83.4 cm³/mol. The fourth-order valence-electron chi connectivity index (χ4n) is 3.10. The van der Waals surface area contributed by atoms with Crippen LogP contribution in [0.1, 0.15) is 22.3 Å². The summed E-state index contributed by atoms with van der Waals surface area (Å²) in [5.41, 5.74) is 11.6. The van der Waals surface area contributed by atoms with Crippen molar-refractivity contribution in [1.29, 1.82) is 0 Å². The van der Waals surface area contributed by atoms with Gasteiger partial charge < -0.3 is 5.73 Å². The topological polar surface area (TPSA) is 29.3 Å². The first-order valence-corrected chi connectivity index (χ1v) is 7.32. The lowest BCUT2D eigenvalue weighted by Crippen LogP contribution is -2.44. The molecule has 0 aliphatic carbocycles. The largest absolute Gasteiger partial charge is 0.329 e. The highest BCUT2D eigenvalue weighted by Crippen LogP contribution is 2.24. The number of hydrogen-bond donors (Lipinski definition) is 1. The predicted octanol–water partition coefficient (Wildman–Crippen LogP) is 2.88. The number of hydrogen-bond acceptors (Lipinski definition) is 2. The van der Waals surface area contributed by atoms with Gasteiger partial charge in [-0.25, -0.2) is 0 Å². The average Bonchev–Trinajstić information content (AvgIpc) is 2.46. The molecule has 20 heavy (non-hydrogen) atoms. The average molecular weight is 266 g/mol. The lowest BCUT2D eigenvalue weighted by molar-refractivity contribution is 0.167. The molecule has 2 N–H and O–H groups in total. The van der Waals surface area contributed by atoms with Gasteiger partial charge in [-0.05, 0) is 30.0 Å². The van der Waals surface area contributed by atoms with E-state index in [0.717, 1.165) is 26.1 Å². The number of aryl methyl sites for hydroxylation is 1. The van der Waals surface area contributed by atoms with E-state index in [-0.39, 0.29) is 0 Å². The lowest BCUT2D eigenvalue weighted by atomic mass is 9.93. The molecule has 2 nitrogen and oxygen atoms in total. The summed E-state index contributed by atoms with van der Waals surface area (Å²) in [5, 5.41) is 0. The second-order valence-corrected chi connectivity index (χ2v) is 5.76. The van der Waals surface area contributed by atoms with Gasteiger partial charge in [-0.2, -0.15) is 0 Å². The monoisotopic (exact) mass is 266 g/mol. The van der Waals surface area contributed by atoms with Gasteiger partial charge in [0.1, 0.15) is 0 Å². The van der Waals surface area contributed by atoms with Crippen molar-refractivity contribution < 1.29 is 0 Å². The summed E-state index contributed by atoms with van der Waals surface area (Å²) >= 11 is 0. The zero-order valence-electron chi connectivity index (χ0n) is 12.0. The Labute approximate surface area is 121 Å². The standard InChI is InChI=1S/C18H22N2/c1-14-5-4-6-15(9-14)12-20-13-17-8-3-2-7-16(17)10-18(20)11-19/h2-9,18H,10-13,19H2,1H3. The molecular formula is C18H22N2. The van der Waals surface area contributed by atoms with Crippen LogP contribution in [0, 0.1) is 6.92 Å². The molecule has 1 aliphatic heterocycles. The minimum Gasteiger partial charge on any atom is -0.329 e. The maximum Gasteiger partial charge on any atom is 0.0265 e. The number of nitrogens with zero attached hydrogens (tertiary/aromatic N) is 1. The van der Waals surface area contributed by atoms with E-state index in [1.807, 2.05) is 0 Å². The van der Waals surface area contributed by atoms with Gasteiger partial charge in [-0.3, -0.25) is 4.90 Å². The van der Waals surface area contributed by atoms with Gasteiger partial charge in [0.25, 0.3) is 0 Å². The molecule has 1 heterocycles. The Morgan fingerprint density at radius 1 is 1.10 bits per heavy atom.